The Kier molecular flexibility index (Phi) is 4.58. The number of sulfonamides is 1. The van der Waals surface area contributed by atoms with Crippen LogP contribution in [0.4, 0.5) is 18.9 Å². The largest absolute Gasteiger partial charge is 0.276 e. The molecule has 0 aliphatic rings. The lowest BCUT2D eigenvalue weighted by Crippen LogP contribution is -2.14. The lowest BCUT2D eigenvalue weighted by molar-refractivity contribution is 0.498. The molecular formula is C13H9BrF3NO2S. The average Bonchev–Trinajstić information content (AvgIpc) is 2.44. The van der Waals surface area contributed by atoms with Crippen LogP contribution in [0.1, 0.15) is 5.56 Å². The van der Waals surface area contributed by atoms with Crippen molar-refractivity contribution in [3.05, 3.63) is 59.4 Å². The van der Waals surface area contributed by atoms with Crippen LogP contribution in [0, 0.1) is 17.5 Å². The molecule has 3 nitrogen and oxygen atoms in total. The van der Waals surface area contributed by atoms with Gasteiger partial charge < -0.3 is 0 Å². The van der Waals surface area contributed by atoms with Crippen LogP contribution in [0.15, 0.2) is 41.3 Å². The molecule has 0 saturated carbocycles. The molecule has 0 aromatic heterocycles. The number of halogens is 4. The Balaban J connectivity index is 2.37. The van der Waals surface area contributed by atoms with Gasteiger partial charge in [0.1, 0.15) is 5.82 Å². The van der Waals surface area contributed by atoms with E-state index >= 15 is 0 Å². The Hall–Kier alpha value is -1.54. The summed E-state index contributed by atoms with van der Waals surface area (Å²) < 4.78 is 65.5. The SMILES string of the molecule is O=S(=O)(Nc1cc(F)cc(F)c1F)c1ccc(CBr)cc1. The maximum absolute atomic E-state index is 13.5. The molecule has 0 aliphatic carbocycles. The summed E-state index contributed by atoms with van der Waals surface area (Å²) in [6.07, 6.45) is 0. The number of hydrogen-bond acceptors (Lipinski definition) is 2. The molecule has 2 aromatic carbocycles. The number of nitrogens with one attached hydrogen (secondary N) is 1. The third-order valence-electron chi connectivity index (χ3n) is 2.63. The summed E-state index contributed by atoms with van der Waals surface area (Å²) in [5.74, 6) is -4.01. The highest BCUT2D eigenvalue weighted by atomic mass is 79.9. The van der Waals surface area contributed by atoms with E-state index in [1.54, 1.807) is 12.1 Å². The number of benzene rings is 2. The van der Waals surface area contributed by atoms with Crippen LogP contribution in [0.5, 0.6) is 0 Å². The summed E-state index contributed by atoms with van der Waals surface area (Å²) >= 11 is 3.21. The highest BCUT2D eigenvalue weighted by molar-refractivity contribution is 9.08. The fourth-order valence-corrected chi connectivity index (χ4v) is 3.02. The van der Waals surface area contributed by atoms with Crippen LogP contribution in [0.2, 0.25) is 0 Å². The summed E-state index contributed by atoms with van der Waals surface area (Å²) in [4.78, 5) is -0.142. The number of hydrogen-bond donors (Lipinski definition) is 1. The Morgan fingerprint density at radius 3 is 2.24 bits per heavy atom. The molecule has 0 radical (unpaired) electrons. The van der Waals surface area contributed by atoms with Crippen molar-refractivity contribution < 1.29 is 21.6 Å². The van der Waals surface area contributed by atoms with Crippen LogP contribution in [0.3, 0.4) is 0 Å². The summed E-state index contributed by atoms with van der Waals surface area (Å²) in [5, 5.41) is 0.546. The van der Waals surface area contributed by atoms with Crippen LogP contribution in [-0.2, 0) is 15.4 Å². The molecular weight excluding hydrogens is 371 g/mol. The lowest BCUT2D eigenvalue weighted by atomic mass is 10.2. The van der Waals surface area contributed by atoms with Crippen molar-refractivity contribution in [2.75, 3.05) is 4.72 Å². The summed E-state index contributed by atoms with van der Waals surface area (Å²) in [5.41, 5.74) is 0.0639. The van der Waals surface area contributed by atoms with Gasteiger partial charge in [-0.05, 0) is 17.7 Å². The molecule has 0 amide bonds. The zero-order chi connectivity index (χ0) is 15.6. The number of rotatable bonds is 4. The van der Waals surface area contributed by atoms with Crippen molar-refractivity contribution in [2.24, 2.45) is 0 Å². The highest BCUT2D eigenvalue weighted by Crippen LogP contribution is 2.23. The third kappa shape index (κ3) is 3.56. The molecule has 1 N–H and O–H groups in total. The van der Waals surface area contributed by atoms with Gasteiger partial charge in [0, 0.05) is 17.5 Å². The summed E-state index contributed by atoms with van der Waals surface area (Å²) in [7, 11) is -4.13. The van der Waals surface area contributed by atoms with Gasteiger partial charge in [-0.2, -0.15) is 0 Å². The summed E-state index contributed by atoms with van der Waals surface area (Å²) in [6.45, 7) is 0. The van der Waals surface area contributed by atoms with Crippen molar-refractivity contribution in [3.63, 3.8) is 0 Å². The Bertz CT molecular complexity index is 764. The van der Waals surface area contributed by atoms with Crippen LogP contribution < -0.4 is 4.72 Å². The maximum atomic E-state index is 13.5. The molecule has 2 aromatic rings. The highest BCUT2D eigenvalue weighted by Gasteiger charge is 2.19. The first-order valence-electron chi connectivity index (χ1n) is 5.66. The monoisotopic (exact) mass is 379 g/mol. The van der Waals surface area contributed by atoms with Gasteiger partial charge in [0.15, 0.2) is 11.6 Å². The Labute approximate surface area is 128 Å². The van der Waals surface area contributed by atoms with E-state index in [1.807, 2.05) is 4.72 Å². The second-order valence-electron chi connectivity index (χ2n) is 4.13. The van der Waals surface area contributed by atoms with E-state index in [-0.39, 0.29) is 4.90 Å². The van der Waals surface area contributed by atoms with Crippen molar-refractivity contribution in [3.8, 4) is 0 Å². The van der Waals surface area contributed by atoms with E-state index in [1.165, 1.54) is 12.1 Å². The fraction of sp³-hybridized carbons (Fsp3) is 0.0769. The van der Waals surface area contributed by atoms with Gasteiger partial charge in [0.2, 0.25) is 0 Å². The predicted octanol–water partition coefficient (Wildman–Crippen LogP) is 3.80. The number of anilines is 1. The molecule has 2 rings (SSSR count). The van der Waals surface area contributed by atoms with Crippen LogP contribution in [-0.4, -0.2) is 8.42 Å². The second kappa shape index (κ2) is 6.07. The molecule has 0 unspecified atom stereocenters. The quantitative estimate of drug-likeness (QED) is 0.648. The average molecular weight is 380 g/mol. The van der Waals surface area contributed by atoms with E-state index in [2.05, 4.69) is 15.9 Å². The first kappa shape index (κ1) is 15.8. The summed E-state index contributed by atoms with van der Waals surface area (Å²) in [6, 6.07) is 6.65. The van der Waals surface area contributed by atoms with Crippen molar-refractivity contribution in [1.29, 1.82) is 0 Å². The number of alkyl halides is 1. The minimum atomic E-state index is -4.13. The Morgan fingerprint density at radius 2 is 1.67 bits per heavy atom. The van der Waals surface area contributed by atoms with Gasteiger partial charge in [0.05, 0.1) is 10.6 Å². The lowest BCUT2D eigenvalue weighted by Gasteiger charge is -2.10. The molecule has 0 saturated heterocycles. The van der Waals surface area contributed by atoms with E-state index in [4.69, 9.17) is 0 Å². The molecule has 0 spiro atoms. The van der Waals surface area contributed by atoms with Gasteiger partial charge in [-0.1, -0.05) is 28.1 Å². The minimum Gasteiger partial charge on any atom is -0.276 e. The first-order valence-corrected chi connectivity index (χ1v) is 8.26. The van der Waals surface area contributed by atoms with Crippen molar-refractivity contribution in [1.82, 2.24) is 0 Å². The smallest absolute Gasteiger partial charge is 0.261 e. The van der Waals surface area contributed by atoms with E-state index in [9.17, 15) is 21.6 Å². The minimum absolute atomic E-state index is 0.142. The van der Waals surface area contributed by atoms with Gasteiger partial charge in [-0.3, -0.25) is 4.72 Å². The molecule has 0 bridgehead atoms. The zero-order valence-electron chi connectivity index (χ0n) is 10.4. The van der Waals surface area contributed by atoms with Crippen molar-refractivity contribution in [2.45, 2.75) is 10.2 Å². The van der Waals surface area contributed by atoms with E-state index in [0.29, 0.717) is 17.5 Å². The van der Waals surface area contributed by atoms with Crippen LogP contribution in [0.25, 0.3) is 0 Å². The van der Waals surface area contributed by atoms with Gasteiger partial charge in [-0.15, -0.1) is 0 Å². The standard InChI is InChI=1S/C13H9BrF3NO2S/c14-7-8-1-3-10(4-2-8)21(19,20)18-12-6-9(15)5-11(16)13(12)17/h1-6,18H,7H2. The molecule has 112 valence electrons. The van der Waals surface area contributed by atoms with Gasteiger partial charge >= 0.3 is 0 Å². The molecule has 0 heterocycles. The molecule has 8 heteroatoms. The predicted molar refractivity (Wildman–Crippen MR) is 76.2 cm³/mol. The Morgan fingerprint density at radius 1 is 1.05 bits per heavy atom. The van der Waals surface area contributed by atoms with Gasteiger partial charge in [-0.25, -0.2) is 21.6 Å². The third-order valence-corrected chi connectivity index (χ3v) is 4.65. The first-order chi connectivity index (χ1) is 9.83. The molecule has 0 atom stereocenters. The fourth-order valence-electron chi connectivity index (χ4n) is 1.59. The molecule has 0 fully saturated rings. The topological polar surface area (TPSA) is 46.2 Å². The van der Waals surface area contributed by atoms with E-state index < -0.39 is 33.2 Å². The normalized spacial score (nSPS) is 11.4. The van der Waals surface area contributed by atoms with Crippen LogP contribution >= 0.6 is 15.9 Å². The van der Waals surface area contributed by atoms with E-state index in [0.717, 1.165) is 5.56 Å². The molecule has 0 aliphatic heterocycles. The van der Waals surface area contributed by atoms with Gasteiger partial charge in [0.25, 0.3) is 10.0 Å². The van der Waals surface area contributed by atoms with Crippen molar-refractivity contribution >= 4 is 31.6 Å². The zero-order valence-corrected chi connectivity index (χ0v) is 12.8. The molecule has 21 heavy (non-hydrogen) atoms. The maximum Gasteiger partial charge on any atom is 0.261 e. The second-order valence-corrected chi connectivity index (χ2v) is 6.38.